The SMILES string of the molecule is Cc1cccc(NC(=O)CCC(=O)N/N=C\c2ccc([N+](=O)[O-])cc2)c1C. The van der Waals surface area contributed by atoms with Crippen LogP contribution in [0.15, 0.2) is 47.6 Å². The van der Waals surface area contributed by atoms with E-state index in [1.54, 1.807) is 0 Å². The molecule has 2 aromatic rings. The van der Waals surface area contributed by atoms with E-state index < -0.39 is 10.8 Å². The fraction of sp³-hybridized carbons (Fsp3) is 0.211. The molecule has 0 spiro atoms. The van der Waals surface area contributed by atoms with Gasteiger partial charge in [-0.2, -0.15) is 5.10 Å². The predicted molar refractivity (Wildman–Crippen MR) is 103 cm³/mol. The number of nitrogens with one attached hydrogen (secondary N) is 2. The van der Waals surface area contributed by atoms with Crippen LogP contribution in [-0.2, 0) is 9.59 Å². The summed E-state index contributed by atoms with van der Waals surface area (Å²) in [4.78, 5) is 33.8. The van der Waals surface area contributed by atoms with E-state index in [1.165, 1.54) is 30.5 Å². The Morgan fingerprint density at radius 1 is 1.07 bits per heavy atom. The van der Waals surface area contributed by atoms with Crippen molar-refractivity contribution in [2.75, 3.05) is 5.32 Å². The van der Waals surface area contributed by atoms with Crippen LogP contribution in [0.25, 0.3) is 0 Å². The molecular formula is C19H20N4O4. The number of benzene rings is 2. The molecule has 140 valence electrons. The summed E-state index contributed by atoms with van der Waals surface area (Å²) in [5.74, 6) is -0.650. The minimum Gasteiger partial charge on any atom is -0.326 e. The van der Waals surface area contributed by atoms with Crippen molar-refractivity contribution in [2.45, 2.75) is 26.7 Å². The van der Waals surface area contributed by atoms with Gasteiger partial charge in [0.25, 0.3) is 5.69 Å². The van der Waals surface area contributed by atoms with Crippen LogP contribution < -0.4 is 10.7 Å². The van der Waals surface area contributed by atoms with Crippen molar-refractivity contribution in [3.05, 3.63) is 69.3 Å². The number of non-ortho nitro benzene ring substituents is 1. The van der Waals surface area contributed by atoms with Gasteiger partial charge in [0.2, 0.25) is 11.8 Å². The van der Waals surface area contributed by atoms with Crippen molar-refractivity contribution in [3.63, 3.8) is 0 Å². The molecule has 0 radical (unpaired) electrons. The van der Waals surface area contributed by atoms with Gasteiger partial charge in [0, 0.05) is 30.7 Å². The largest absolute Gasteiger partial charge is 0.326 e. The fourth-order valence-electron chi connectivity index (χ4n) is 2.24. The van der Waals surface area contributed by atoms with Crippen LogP contribution in [0, 0.1) is 24.0 Å². The number of anilines is 1. The second kappa shape index (κ2) is 9.23. The molecule has 2 rings (SSSR count). The van der Waals surface area contributed by atoms with Crippen LogP contribution in [0.4, 0.5) is 11.4 Å². The standard InChI is InChI=1S/C19H20N4O4/c1-13-4-3-5-17(14(13)2)21-18(24)10-11-19(25)22-20-12-15-6-8-16(9-7-15)23(26)27/h3-9,12H,10-11H2,1-2H3,(H,21,24)(H,22,25)/b20-12-. The summed E-state index contributed by atoms with van der Waals surface area (Å²) >= 11 is 0. The minimum atomic E-state index is -0.494. The molecule has 0 aliphatic rings. The number of rotatable bonds is 7. The molecule has 0 bridgehead atoms. The lowest BCUT2D eigenvalue weighted by molar-refractivity contribution is -0.384. The Kier molecular flexibility index (Phi) is 6.76. The van der Waals surface area contributed by atoms with Gasteiger partial charge in [0.05, 0.1) is 11.1 Å². The van der Waals surface area contributed by atoms with Gasteiger partial charge in [-0.3, -0.25) is 19.7 Å². The van der Waals surface area contributed by atoms with Crippen LogP contribution in [0.2, 0.25) is 0 Å². The number of carbonyl (C=O) groups is 2. The number of hydrogen-bond donors (Lipinski definition) is 2. The quantitative estimate of drug-likeness (QED) is 0.444. The first-order chi connectivity index (χ1) is 12.9. The molecule has 0 fully saturated rings. The molecule has 2 N–H and O–H groups in total. The first kappa shape index (κ1) is 19.8. The van der Waals surface area contributed by atoms with Gasteiger partial charge in [-0.15, -0.1) is 0 Å². The Morgan fingerprint density at radius 3 is 2.41 bits per heavy atom. The van der Waals surface area contributed by atoms with E-state index >= 15 is 0 Å². The van der Waals surface area contributed by atoms with E-state index in [2.05, 4.69) is 15.8 Å². The summed E-state index contributed by atoms with van der Waals surface area (Å²) in [6.07, 6.45) is 1.40. The molecular weight excluding hydrogens is 348 g/mol. The molecule has 2 aromatic carbocycles. The summed E-state index contributed by atoms with van der Waals surface area (Å²) in [5.41, 5.74) is 5.70. The summed E-state index contributed by atoms with van der Waals surface area (Å²) in [6.45, 7) is 3.88. The molecule has 0 aliphatic heterocycles. The molecule has 0 unspecified atom stereocenters. The van der Waals surface area contributed by atoms with Crippen LogP contribution >= 0.6 is 0 Å². The van der Waals surface area contributed by atoms with Crippen LogP contribution in [0.5, 0.6) is 0 Å². The number of carbonyl (C=O) groups excluding carboxylic acids is 2. The normalized spacial score (nSPS) is 10.6. The average Bonchev–Trinajstić information content (AvgIpc) is 2.64. The fourth-order valence-corrected chi connectivity index (χ4v) is 2.24. The van der Waals surface area contributed by atoms with Gasteiger partial charge in [0.1, 0.15) is 0 Å². The first-order valence-corrected chi connectivity index (χ1v) is 8.29. The van der Waals surface area contributed by atoms with E-state index in [1.807, 2.05) is 32.0 Å². The van der Waals surface area contributed by atoms with Gasteiger partial charge < -0.3 is 5.32 Å². The third-order valence-corrected chi connectivity index (χ3v) is 3.96. The van der Waals surface area contributed by atoms with Crippen molar-refractivity contribution < 1.29 is 14.5 Å². The maximum Gasteiger partial charge on any atom is 0.269 e. The maximum absolute atomic E-state index is 12.0. The second-order valence-electron chi connectivity index (χ2n) is 5.94. The number of nitro benzene ring substituents is 1. The highest BCUT2D eigenvalue weighted by Crippen LogP contribution is 2.18. The Morgan fingerprint density at radius 2 is 1.74 bits per heavy atom. The monoisotopic (exact) mass is 368 g/mol. The second-order valence-corrected chi connectivity index (χ2v) is 5.94. The van der Waals surface area contributed by atoms with Gasteiger partial charge in [0.15, 0.2) is 0 Å². The maximum atomic E-state index is 12.0. The molecule has 0 atom stereocenters. The Balaban J connectivity index is 1.77. The van der Waals surface area contributed by atoms with Crippen molar-refractivity contribution in [1.29, 1.82) is 0 Å². The highest BCUT2D eigenvalue weighted by molar-refractivity contribution is 5.94. The van der Waals surface area contributed by atoms with Crippen molar-refractivity contribution >= 4 is 29.4 Å². The number of hydrazone groups is 1. The highest BCUT2D eigenvalue weighted by Gasteiger charge is 2.09. The summed E-state index contributed by atoms with van der Waals surface area (Å²) in [7, 11) is 0. The van der Waals surface area contributed by atoms with Crippen molar-refractivity contribution in [1.82, 2.24) is 5.43 Å². The molecule has 0 saturated carbocycles. The van der Waals surface area contributed by atoms with Gasteiger partial charge in [-0.05, 0) is 48.7 Å². The number of aryl methyl sites for hydroxylation is 1. The lowest BCUT2D eigenvalue weighted by Crippen LogP contribution is -2.21. The predicted octanol–water partition coefficient (Wildman–Crippen LogP) is 3.08. The van der Waals surface area contributed by atoms with Gasteiger partial charge in [-0.25, -0.2) is 5.43 Å². The van der Waals surface area contributed by atoms with E-state index in [0.717, 1.165) is 16.8 Å². The third kappa shape index (κ3) is 6.03. The third-order valence-electron chi connectivity index (χ3n) is 3.96. The average molecular weight is 368 g/mol. The van der Waals surface area contributed by atoms with Crippen LogP contribution in [0.1, 0.15) is 29.5 Å². The van der Waals surface area contributed by atoms with Gasteiger partial charge in [-0.1, -0.05) is 12.1 Å². The van der Waals surface area contributed by atoms with E-state index in [-0.39, 0.29) is 24.4 Å². The smallest absolute Gasteiger partial charge is 0.269 e. The molecule has 0 aliphatic carbocycles. The summed E-state index contributed by atoms with van der Waals surface area (Å²) in [5, 5.41) is 17.1. The summed E-state index contributed by atoms with van der Waals surface area (Å²) in [6, 6.07) is 11.4. The zero-order valence-corrected chi connectivity index (χ0v) is 15.1. The molecule has 2 amide bonds. The lowest BCUT2D eigenvalue weighted by Gasteiger charge is -2.10. The van der Waals surface area contributed by atoms with Crippen LogP contribution in [-0.4, -0.2) is 23.0 Å². The number of nitrogens with zero attached hydrogens (tertiary/aromatic N) is 2. The summed E-state index contributed by atoms with van der Waals surface area (Å²) < 4.78 is 0. The highest BCUT2D eigenvalue weighted by atomic mass is 16.6. The number of nitro groups is 1. The van der Waals surface area contributed by atoms with E-state index in [4.69, 9.17) is 0 Å². The molecule has 0 heterocycles. The molecule has 0 saturated heterocycles. The molecule has 0 aromatic heterocycles. The molecule has 27 heavy (non-hydrogen) atoms. The van der Waals surface area contributed by atoms with E-state index in [9.17, 15) is 19.7 Å². The van der Waals surface area contributed by atoms with Crippen molar-refractivity contribution in [2.24, 2.45) is 5.10 Å². The Bertz CT molecular complexity index is 876. The molecule has 8 heteroatoms. The zero-order valence-electron chi connectivity index (χ0n) is 15.1. The lowest BCUT2D eigenvalue weighted by atomic mass is 10.1. The Labute approximate surface area is 156 Å². The molecule has 8 nitrogen and oxygen atoms in total. The van der Waals surface area contributed by atoms with Crippen LogP contribution in [0.3, 0.4) is 0 Å². The first-order valence-electron chi connectivity index (χ1n) is 8.29. The number of amides is 2. The van der Waals surface area contributed by atoms with E-state index in [0.29, 0.717) is 5.56 Å². The van der Waals surface area contributed by atoms with Gasteiger partial charge >= 0.3 is 0 Å². The Hall–Kier alpha value is -3.55. The zero-order chi connectivity index (χ0) is 19.8. The topological polar surface area (TPSA) is 114 Å². The minimum absolute atomic E-state index is 0.00566. The van der Waals surface area contributed by atoms with Crippen molar-refractivity contribution in [3.8, 4) is 0 Å². The number of hydrogen-bond acceptors (Lipinski definition) is 5.